The molecule has 0 amide bonds. The lowest BCUT2D eigenvalue weighted by atomic mass is 9.97. The lowest BCUT2D eigenvalue weighted by molar-refractivity contribution is 0.791. The van der Waals surface area contributed by atoms with E-state index in [2.05, 4.69) is 19.1 Å². The smallest absolute Gasteiger partial charge is 0.0352 e. The van der Waals surface area contributed by atoms with E-state index in [1.165, 1.54) is 18.4 Å². The second kappa shape index (κ2) is 2.00. The summed E-state index contributed by atoms with van der Waals surface area (Å²) in [7, 11) is 0. The molecule has 58 valence electrons. The first-order valence-corrected chi connectivity index (χ1v) is 4.07. The van der Waals surface area contributed by atoms with Crippen LogP contribution in [0.5, 0.6) is 0 Å². The molecule has 2 N–H and O–H groups in total. The zero-order chi connectivity index (χ0) is 7.90. The largest absolute Gasteiger partial charge is 0.398 e. The van der Waals surface area contributed by atoms with E-state index in [1.807, 2.05) is 12.1 Å². The van der Waals surface area contributed by atoms with Crippen molar-refractivity contribution in [2.75, 3.05) is 5.73 Å². The van der Waals surface area contributed by atoms with Crippen molar-refractivity contribution in [1.82, 2.24) is 0 Å². The van der Waals surface area contributed by atoms with Gasteiger partial charge >= 0.3 is 0 Å². The van der Waals surface area contributed by atoms with E-state index in [-0.39, 0.29) is 0 Å². The summed E-state index contributed by atoms with van der Waals surface area (Å²) in [5.74, 6) is 0. The van der Waals surface area contributed by atoms with Crippen molar-refractivity contribution in [3.8, 4) is 0 Å². The molecular formula is C10H13N. The number of hydrogen-bond donors (Lipinski definition) is 1. The van der Waals surface area contributed by atoms with Gasteiger partial charge in [0.25, 0.3) is 0 Å². The lowest BCUT2D eigenvalue weighted by Crippen LogP contribution is -2.03. The predicted octanol–water partition coefficient (Wildman–Crippen LogP) is 2.32. The number of anilines is 1. The van der Waals surface area contributed by atoms with E-state index in [0.717, 1.165) is 5.69 Å². The van der Waals surface area contributed by atoms with E-state index < -0.39 is 0 Å². The van der Waals surface area contributed by atoms with Crippen LogP contribution >= 0.6 is 0 Å². The highest BCUT2D eigenvalue weighted by Crippen LogP contribution is 2.49. The minimum absolute atomic E-state index is 0.408. The van der Waals surface area contributed by atoms with Gasteiger partial charge in [-0.05, 0) is 29.9 Å². The monoisotopic (exact) mass is 147 g/mol. The molecule has 0 saturated heterocycles. The van der Waals surface area contributed by atoms with Crippen molar-refractivity contribution in [2.24, 2.45) is 0 Å². The van der Waals surface area contributed by atoms with Crippen molar-refractivity contribution in [1.29, 1.82) is 0 Å². The SMILES string of the molecule is CC1(c2ccccc2N)CC1. The molecule has 1 aliphatic carbocycles. The summed E-state index contributed by atoms with van der Waals surface area (Å²) in [6.07, 6.45) is 2.59. The number of hydrogen-bond acceptors (Lipinski definition) is 1. The highest BCUT2D eigenvalue weighted by molar-refractivity contribution is 5.52. The van der Waals surface area contributed by atoms with Crippen LogP contribution in [0.1, 0.15) is 25.3 Å². The van der Waals surface area contributed by atoms with E-state index in [4.69, 9.17) is 5.73 Å². The molecule has 0 aliphatic heterocycles. The highest BCUT2D eigenvalue weighted by Gasteiger charge is 2.39. The Balaban J connectivity index is 2.45. The third kappa shape index (κ3) is 1.01. The van der Waals surface area contributed by atoms with Crippen LogP contribution in [0, 0.1) is 0 Å². The Hall–Kier alpha value is -0.980. The Bertz CT molecular complexity index is 274. The maximum atomic E-state index is 5.85. The third-order valence-electron chi connectivity index (χ3n) is 2.61. The average Bonchev–Trinajstić information content (AvgIpc) is 2.70. The summed E-state index contributed by atoms with van der Waals surface area (Å²) in [5.41, 5.74) is 8.54. The van der Waals surface area contributed by atoms with Gasteiger partial charge in [-0.25, -0.2) is 0 Å². The molecule has 0 radical (unpaired) electrons. The first-order valence-electron chi connectivity index (χ1n) is 4.07. The van der Waals surface area contributed by atoms with Gasteiger partial charge in [-0.3, -0.25) is 0 Å². The Kier molecular flexibility index (Phi) is 1.22. The van der Waals surface area contributed by atoms with Gasteiger partial charge in [0.15, 0.2) is 0 Å². The van der Waals surface area contributed by atoms with Crippen LogP contribution in [0.2, 0.25) is 0 Å². The molecule has 11 heavy (non-hydrogen) atoms. The summed E-state index contributed by atoms with van der Waals surface area (Å²) in [6, 6.07) is 8.18. The standard InChI is InChI=1S/C10H13N/c1-10(6-7-10)8-4-2-3-5-9(8)11/h2-5H,6-7,11H2,1H3. The molecule has 0 heterocycles. The van der Waals surface area contributed by atoms with Gasteiger partial charge in [0.05, 0.1) is 0 Å². The maximum absolute atomic E-state index is 5.85. The zero-order valence-corrected chi connectivity index (χ0v) is 6.80. The fourth-order valence-electron chi connectivity index (χ4n) is 1.50. The molecule has 1 heteroatoms. The van der Waals surface area contributed by atoms with Gasteiger partial charge in [-0.1, -0.05) is 25.1 Å². The molecule has 0 unspecified atom stereocenters. The molecule has 1 saturated carbocycles. The Morgan fingerprint density at radius 2 is 1.91 bits per heavy atom. The van der Waals surface area contributed by atoms with Crippen molar-refractivity contribution in [3.63, 3.8) is 0 Å². The lowest BCUT2D eigenvalue weighted by Gasteiger charge is -2.10. The number of rotatable bonds is 1. The van der Waals surface area contributed by atoms with Gasteiger partial charge in [-0.15, -0.1) is 0 Å². The number of para-hydroxylation sites is 1. The summed E-state index contributed by atoms with van der Waals surface area (Å²) in [5, 5.41) is 0. The molecule has 0 atom stereocenters. The zero-order valence-electron chi connectivity index (χ0n) is 6.80. The average molecular weight is 147 g/mol. The molecule has 1 nitrogen and oxygen atoms in total. The molecule has 0 spiro atoms. The highest BCUT2D eigenvalue weighted by atomic mass is 14.6. The van der Waals surface area contributed by atoms with Gasteiger partial charge in [0.2, 0.25) is 0 Å². The van der Waals surface area contributed by atoms with Gasteiger partial charge in [0.1, 0.15) is 0 Å². The second-order valence-electron chi connectivity index (χ2n) is 3.65. The van der Waals surface area contributed by atoms with E-state index in [0.29, 0.717) is 5.41 Å². The molecule has 0 aromatic heterocycles. The second-order valence-corrected chi connectivity index (χ2v) is 3.65. The number of nitrogens with two attached hydrogens (primary N) is 1. The van der Waals surface area contributed by atoms with Crippen LogP contribution in [0.15, 0.2) is 24.3 Å². The summed E-state index contributed by atoms with van der Waals surface area (Å²) < 4.78 is 0. The topological polar surface area (TPSA) is 26.0 Å². The first kappa shape index (κ1) is 6.71. The van der Waals surface area contributed by atoms with E-state index >= 15 is 0 Å². The van der Waals surface area contributed by atoms with Gasteiger partial charge < -0.3 is 5.73 Å². The molecule has 1 aromatic carbocycles. The van der Waals surface area contributed by atoms with Crippen LogP contribution in [-0.4, -0.2) is 0 Å². The summed E-state index contributed by atoms with van der Waals surface area (Å²) >= 11 is 0. The van der Waals surface area contributed by atoms with Crippen LogP contribution in [-0.2, 0) is 5.41 Å². The Morgan fingerprint density at radius 1 is 1.27 bits per heavy atom. The minimum Gasteiger partial charge on any atom is -0.398 e. The fourth-order valence-corrected chi connectivity index (χ4v) is 1.50. The van der Waals surface area contributed by atoms with Crippen molar-refractivity contribution >= 4 is 5.69 Å². The van der Waals surface area contributed by atoms with Gasteiger partial charge in [0, 0.05) is 5.69 Å². The maximum Gasteiger partial charge on any atom is 0.0352 e. The summed E-state index contributed by atoms with van der Waals surface area (Å²) in [4.78, 5) is 0. The summed E-state index contributed by atoms with van der Waals surface area (Å²) in [6.45, 7) is 2.28. The fraction of sp³-hybridized carbons (Fsp3) is 0.400. The molecule has 1 aliphatic rings. The van der Waals surface area contributed by atoms with E-state index in [9.17, 15) is 0 Å². The molecule has 1 aromatic rings. The first-order chi connectivity index (χ1) is 5.22. The Labute approximate surface area is 67.2 Å². The molecule has 2 rings (SSSR count). The van der Waals surface area contributed by atoms with Crippen LogP contribution < -0.4 is 5.73 Å². The molecular weight excluding hydrogens is 134 g/mol. The van der Waals surface area contributed by atoms with Crippen LogP contribution in [0.4, 0.5) is 5.69 Å². The number of benzene rings is 1. The quantitative estimate of drug-likeness (QED) is 0.606. The normalized spacial score (nSPS) is 19.7. The predicted molar refractivity (Wildman–Crippen MR) is 47.4 cm³/mol. The van der Waals surface area contributed by atoms with Crippen molar-refractivity contribution < 1.29 is 0 Å². The molecule has 0 bridgehead atoms. The molecule has 1 fully saturated rings. The van der Waals surface area contributed by atoms with E-state index in [1.54, 1.807) is 0 Å². The van der Waals surface area contributed by atoms with Crippen molar-refractivity contribution in [2.45, 2.75) is 25.2 Å². The Morgan fingerprint density at radius 3 is 2.45 bits per heavy atom. The minimum atomic E-state index is 0.408. The van der Waals surface area contributed by atoms with Crippen LogP contribution in [0.25, 0.3) is 0 Å². The van der Waals surface area contributed by atoms with Crippen LogP contribution in [0.3, 0.4) is 0 Å². The number of nitrogen functional groups attached to an aromatic ring is 1. The third-order valence-corrected chi connectivity index (χ3v) is 2.61. The van der Waals surface area contributed by atoms with Gasteiger partial charge in [-0.2, -0.15) is 0 Å². The van der Waals surface area contributed by atoms with Crippen molar-refractivity contribution in [3.05, 3.63) is 29.8 Å².